The molecular weight excluding hydrogens is 205 g/mol. The van der Waals surface area contributed by atoms with Crippen molar-refractivity contribution >= 4 is 11.5 Å². The summed E-state index contributed by atoms with van der Waals surface area (Å²) >= 11 is 0. The normalized spacial score (nSPS) is 10.6. The standard InChI is InChI=1S/C13H18FNO/c1-9(2)6-7-15-13-5-4-11(10(3)16)8-12(13)14/h4-5,8-9,15H,6-7H2,1-3H3. The van der Waals surface area contributed by atoms with E-state index in [1.165, 1.54) is 13.0 Å². The first-order valence-corrected chi connectivity index (χ1v) is 5.55. The fraction of sp³-hybridized carbons (Fsp3) is 0.462. The lowest BCUT2D eigenvalue weighted by Gasteiger charge is -2.09. The lowest BCUT2D eigenvalue weighted by molar-refractivity contribution is 0.101. The second-order valence-electron chi connectivity index (χ2n) is 4.36. The molecule has 1 aromatic carbocycles. The molecular formula is C13H18FNO. The van der Waals surface area contributed by atoms with Crippen molar-refractivity contribution in [1.29, 1.82) is 0 Å². The Morgan fingerprint density at radius 1 is 1.44 bits per heavy atom. The van der Waals surface area contributed by atoms with Crippen molar-refractivity contribution in [3.8, 4) is 0 Å². The van der Waals surface area contributed by atoms with Gasteiger partial charge in [-0.15, -0.1) is 0 Å². The van der Waals surface area contributed by atoms with Gasteiger partial charge >= 0.3 is 0 Å². The molecule has 2 nitrogen and oxygen atoms in total. The van der Waals surface area contributed by atoms with Crippen LogP contribution in [-0.2, 0) is 0 Å². The van der Waals surface area contributed by atoms with Crippen molar-refractivity contribution in [2.24, 2.45) is 5.92 Å². The third-order valence-electron chi connectivity index (χ3n) is 2.41. The summed E-state index contributed by atoms with van der Waals surface area (Å²) in [5, 5.41) is 3.02. The average Bonchev–Trinajstić information content (AvgIpc) is 2.19. The fourth-order valence-electron chi connectivity index (χ4n) is 1.37. The van der Waals surface area contributed by atoms with Crippen LogP contribution in [0.5, 0.6) is 0 Å². The van der Waals surface area contributed by atoms with Gasteiger partial charge < -0.3 is 5.32 Å². The Balaban J connectivity index is 2.64. The molecule has 0 amide bonds. The Morgan fingerprint density at radius 3 is 2.62 bits per heavy atom. The van der Waals surface area contributed by atoms with Crippen molar-refractivity contribution < 1.29 is 9.18 Å². The SMILES string of the molecule is CC(=O)c1ccc(NCCC(C)C)c(F)c1. The van der Waals surface area contributed by atoms with E-state index in [4.69, 9.17) is 0 Å². The number of carbonyl (C=O) groups is 1. The quantitative estimate of drug-likeness (QED) is 0.774. The third kappa shape index (κ3) is 3.65. The molecule has 0 aliphatic carbocycles. The number of hydrogen-bond donors (Lipinski definition) is 1. The second-order valence-corrected chi connectivity index (χ2v) is 4.36. The molecule has 0 fully saturated rings. The van der Waals surface area contributed by atoms with E-state index in [0.29, 0.717) is 17.2 Å². The first-order valence-electron chi connectivity index (χ1n) is 5.55. The van der Waals surface area contributed by atoms with E-state index in [1.54, 1.807) is 12.1 Å². The molecule has 0 bridgehead atoms. The summed E-state index contributed by atoms with van der Waals surface area (Å²) in [6, 6.07) is 4.54. The molecule has 0 spiro atoms. The van der Waals surface area contributed by atoms with Crippen molar-refractivity contribution in [2.75, 3.05) is 11.9 Å². The highest BCUT2D eigenvalue weighted by Gasteiger charge is 2.05. The third-order valence-corrected chi connectivity index (χ3v) is 2.41. The Morgan fingerprint density at radius 2 is 2.12 bits per heavy atom. The van der Waals surface area contributed by atoms with Crippen LogP contribution in [0.3, 0.4) is 0 Å². The first-order chi connectivity index (χ1) is 7.50. The van der Waals surface area contributed by atoms with Crippen molar-refractivity contribution in [1.82, 2.24) is 0 Å². The molecule has 16 heavy (non-hydrogen) atoms. The molecule has 0 unspecified atom stereocenters. The van der Waals surface area contributed by atoms with E-state index >= 15 is 0 Å². The van der Waals surface area contributed by atoms with Gasteiger partial charge in [-0.25, -0.2) is 4.39 Å². The van der Waals surface area contributed by atoms with Crippen LogP contribution < -0.4 is 5.32 Å². The van der Waals surface area contributed by atoms with Gasteiger partial charge in [0.15, 0.2) is 5.78 Å². The van der Waals surface area contributed by atoms with Crippen molar-refractivity contribution in [3.05, 3.63) is 29.6 Å². The van der Waals surface area contributed by atoms with E-state index in [9.17, 15) is 9.18 Å². The Hall–Kier alpha value is -1.38. The Bertz CT molecular complexity index is 374. The summed E-state index contributed by atoms with van der Waals surface area (Å²) in [4.78, 5) is 11.0. The summed E-state index contributed by atoms with van der Waals surface area (Å²) in [5.41, 5.74) is 0.873. The van der Waals surface area contributed by atoms with Gasteiger partial charge in [-0.3, -0.25) is 4.79 Å². The van der Waals surface area contributed by atoms with Crippen LogP contribution in [0.4, 0.5) is 10.1 Å². The van der Waals surface area contributed by atoms with Gasteiger partial charge in [-0.2, -0.15) is 0 Å². The predicted molar refractivity (Wildman–Crippen MR) is 64.3 cm³/mol. The number of benzene rings is 1. The smallest absolute Gasteiger partial charge is 0.159 e. The van der Waals surface area contributed by atoms with E-state index in [1.807, 2.05) is 0 Å². The van der Waals surface area contributed by atoms with Crippen molar-refractivity contribution in [3.63, 3.8) is 0 Å². The van der Waals surface area contributed by atoms with E-state index in [0.717, 1.165) is 13.0 Å². The zero-order chi connectivity index (χ0) is 12.1. The zero-order valence-corrected chi connectivity index (χ0v) is 10.0. The van der Waals surface area contributed by atoms with Crippen LogP contribution >= 0.6 is 0 Å². The fourth-order valence-corrected chi connectivity index (χ4v) is 1.37. The summed E-state index contributed by atoms with van der Waals surface area (Å²) in [6.45, 7) is 6.42. The first kappa shape index (κ1) is 12.7. The number of anilines is 1. The second kappa shape index (κ2) is 5.64. The molecule has 3 heteroatoms. The highest BCUT2D eigenvalue weighted by molar-refractivity contribution is 5.94. The zero-order valence-electron chi connectivity index (χ0n) is 10.0. The molecule has 1 rings (SSSR count). The summed E-state index contributed by atoms with van der Waals surface area (Å²) in [6.07, 6.45) is 0.994. The number of rotatable bonds is 5. The number of Topliss-reactive ketones (excluding diaryl/α,β-unsaturated/α-hetero) is 1. The average molecular weight is 223 g/mol. The molecule has 0 saturated heterocycles. The maximum absolute atomic E-state index is 13.5. The molecule has 0 aromatic heterocycles. The molecule has 0 aliphatic rings. The van der Waals surface area contributed by atoms with Crippen LogP contribution in [0.2, 0.25) is 0 Å². The number of halogens is 1. The molecule has 0 aliphatic heterocycles. The predicted octanol–water partition coefficient (Wildman–Crippen LogP) is 3.49. The van der Waals surface area contributed by atoms with Gasteiger partial charge in [0, 0.05) is 12.1 Å². The van der Waals surface area contributed by atoms with Gasteiger partial charge in [0.2, 0.25) is 0 Å². The van der Waals surface area contributed by atoms with Gasteiger partial charge in [0.05, 0.1) is 5.69 Å². The maximum atomic E-state index is 13.5. The van der Waals surface area contributed by atoms with Crippen LogP contribution in [0, 0.1) is 11.7 Å². The Kier molecular flexibility index (Phi) is 4.47. The van der Waals surface area contributed by atoms with Crippen LogP contribution in [0.25, 0.3) is 0 Å². The largest absolute Gasteiger partial charge is 0.383 e. The summed E-state index contributed by atoms with van der Waals surface area (Å²) in [5.74, 6) is 0.108. The maximum Gasteiger partial charge on any atom is 0.159 e. The highest BCUT2D eigenvalue weighted by Crippen LogP contribution is 2.16. The number of nitrogens with one attached hydrogen (secondary N) is 1. The minimum Gasteiger partial charge on any atom is -0.383 e. The summed E-state index contributed by atoms with van der Waals surface area (Å²) < 4.78 is 13.5. The van der Waals surface area contributed by atoms with Gasteiger partial charge in [0.1, 0.15) is 5.82 Å². The topological polar surface area (TPSA) is 29.1 Å². The summed E-state index contributed by atoms with van der Waals surface area (Å²) in [7, 11) is 0. The molecule has 0 heterocycles. The van der Waals surface area contributed by atoms with E-state index in [2.05, 4.69) is 19.2 Å². The van der Waals surface area contributed by atoms with Crippen LogP contribution in [-0.4, -0.2) is 12.3 Å². The number of hydrogen-bond acceptors (Lipinski definition) is 2. The van der Waals surface area contributed by atoms with Gasteiger partial charge in [-0.05, 0) is 37.5 Å². The van der Waals surface area contributed by atoms with E-state index < -0.39 is 0 Å². The lowest BCUT2D eigenvalue weighted by Crippen LogP contribution is -2.06. The molecule has 88 valence electrons. The molecule has 0 atom stereocenters. The van der Waals surface area contributed by atoms with Crippen molar-refractivity contribution in [2.45, 2.75) is 27.2 Å². The molecule has 0 radical (unpaired) electrons. The molecule has 1 aromatic rings. The lowest BCUT2D eigenvalue weighted by atomic mass is 10.1. The molecule has 1 N–H and O–H groups in total. The van der Waals surface area contributed by atoms with E-state index in [-0.39, 0.29) is 11.6 Å². The Labute approximate surface area is 95.9 Å². The monoisotopic (exact) mass is 223 g/mol. The highest BCUT2D eigenvalue weighted by atomic mass is 19.1. The molecule has 0 saturated carbocycles. The minimum absolute atomic E-state index is 0.118. The van der Waals surface area contributed by atoms with Crippen LogP contribution in [0.1, 0.15) is 37.6 Å². The van der Waals surface area contributed by atoms with Gasteiger partial charge in [0.25, 0.3) is 0 Å². The minimum atomic E-state index is -0.364. The van der Waals surface area contributed by atoms with Crippen LogP contribution in [0.15, 0.2) is 18.2 Å². The number of ketones is 1. The van der Waals surface area contributed by atoms with Gasteiger partial charge in [-0.1, -0.05) is 13.8 Å². The number of carbonyl (C=O) groups excluding carboxylic acids is 1.